The summed E-state index contributed by atoms with van der Waals surface area (Å²) in [4.78, 5) is 5.69. The smallest absolute Gasteiger partial charge is 0.116 e. The Balaban J connectivity index is 1.71. The highest BCUT2D eigenvalue weighted by Crippen LogP contribution is 2.38. The highest BCUT2D eigenvalue weighted by atomic mass is 32.2. The summed E-state index contributed by atoms with van der Waals surface area (Å²) >= 11 is 1.82. The number of thioether (sulfide) groups is 1. The molecule has 2 heterocycles. The van der Waals surface area contributed by atoms with Crippen LogP contribution in [0.15, 0.2) is 41.4 Å². The van der Waals surface area contributed by atoms with E-state index in [1.165, 1.54) is 11.1 Å². The summed E-state index contributed by atoms with van der Waals surface area (Å²) in [5.41, 5.74) is 3.45. The molecule has 1 aromatic carbocycles. The van der Waals surface area contributed by atoms with Crippen LogP contribution in [0.3, 0.4) is 0 Å². The molecule has 1 aliphatic rings. The van der Waals surface area contributed by atoms with E-state index in [-0.39, 0.29) is 6.10 Å². The molecule has 1 fully saturated rings. The fourth-order valence-corrected chi connectivity index (χ4v) is 4.09. The number of pyridine rings is 1. The fourth-order valence-electron chi connectivity index (χ4n) is 2.88. The first-order valence-corrected chi connectivity index (χ1v) is 8.50. The normalized spacial score (nSPS) is 21.7. The maximum atomic E-state index is 9.59. The number of benzene rings is 1. The first kappa shape index (κ1) is 15.4. The van der Waals surface area contributed by atoms with Gasteiger partial charge < -0.3 is 9.84 Å². The van der Waals surface area contributed by atoms with Crippen LogP contribution in [0.25, 0.3) is 0 Å². The molecular weight excluding hydrogens is 294 g/mol. The Morgan fingerprint density at radius 3 is 2.91 bits per heavy atom. The number of aryl methyl sites for hydroxylation is 2. The van der Waals surface area contributed by atoms with Gasteiger partial charge in [0.1, 0.15) is 11.9 Å². The number of phenolic OH excluding ortho intramolecular Hbond substituents is 1. The Morgan fingerprint density at radius 1 is 1.27 bits per heavy atom. The molecular formula is C18H21NO2S. The lowest BCUT2D eigenvalue weighted by molar-refractivity contribution is 0.0148. The summed E-state index contributed by atoms with van der Waals surface area (Å²) in [6.07, 6.45) is 3.97. The van der Waals surface area contributed by atoms with Gasteiger partial charge in [-0.1, -0.05) is 12.1 Å². The van der Waals surface area contributed by atoms with E-state index in [1.54, 1.807) is 6.07 Å². The van der Waals surface area contributed by atoms with Crippen LogP contribution in [0.2, 0.25) is 0 Å². The zero-order valence-corrected chi connectivity index (χ0v) is 13.8. The average molecular weight is 315 g/mol. The SMILES string of the molecule is Cc1cnc(C2CC(Sc3cccc(O)c3)CCO2)c(C)c1. The number of phenols is 1. The first-order valence-electron chi connectivity index (χ1n) is 7.62. The molecule has 1 saturated heterocycles. The van der Waals surface area contributed by atoms with Crippen LogP contribution < -0.4 is 0 Å². The van der Waals surface area contributed by atoms with Gasteiger partial charge >= 0.3 is 0 Å². The molecule has 1 aromatic heterocycles. The maximum absolute atomic E-state index is 9.59. The molecule has 2 aromatic rings. The van der Waals surface area contributed by atoms with Gasteiger partial charge in [0.15, 0.2) is 0 Å². The van der Waals surface area contributed by atoms with Gasteiger partial charge in [0.25, 0.3) is 0 Å². The van der Waals surface area contributed by atoms with Gasteiger partial charge in [-0.25, -0.2) is 0 Å². The van der Waals surface area contributed by atoms with Crippen molar-refractivity contribution >= 4 is 11.8 Å². The average Bonchev–Trinajstić information content (AvgIpc) is 2.47. The third-order valence-corrected chi connectivity index (χ3v) is 5.20. The molecule has 2 unspecified atom stereocenters. The van der Waals surface area contributed by atoms with Gasteiger partial charge in [0.2, 0.25) is 0 Å². The van der Waals surface area contributed by atoms with Crippen LogP contribution >= 0.6 is 11.8 Å². The molecule has 0 amide bonds. The molecule has 1 aliphatic heterocycles. The van der Waals surface area contributed by atoms with E-state index < -0.39 is 0 Å². The van der Waals surface area contributed by atoms with Gasteiger partial charge in [-0.15, -0.1) is 11.8 Å². The third-order valence-electron chi connectivity index (χ3n) is 3.92. The number of hydrogen-bond donors (Lipinski definition) is 1. The predicted molar refractivity (Wildman–Crippen MR) is 89.4 cm³/mol. The van der Waals surface area contributed by atoms with Crippen molar-refractivity contribution in [1.82, 2.24) is 4.98 Å². The molecule has 116 valence electrons. The minimum atomic E-state index is 0.0733. The lowest BCUT2D eigenvalue weighted by atomic mass is 10.0. The zero-order chi connectivity index (χ0) is 15.5. The molecule has 0 radical (unpaired) electrons. The van der Waals surface area contributed by atoms with Crippen molar-refractivity contribution < 1.29 is 9.84 Å². The second kappa shape index (κ2) is 6.71. The molecule has 1 N–H and O–H groups in total. The maximum Gasteiger partial charge on any atom is 0.116 e. The van der Waals surface area contributed by atoms with Crippen LogP contribution in [0.4, 0.5) is 0 Å². The Hall–Kier alpha value is -1.52. The summed E-state index contributed by atoms with van der Waals surface area (Å²) < 4.78 is 5.95. The number of ether oxygens (including phenoxy) is 1. The van der Waals surface area contributed by atoms with Gasteiger partial charge in [0, 0.05) is 22.9 Å². The molecule has 3 nitrogen and oxygen atoms in total. The lowest BCUT2D eigenvalue weighted by Gasteiger charge is -2.29. The van der Waals surface area contributed by atoms with Crippen LogP contribution in [-0.4, -0.2) is 21.9 Å². The summed E-state index contributed by atoms with van der Waals surface area (Å²) in [5.74, 6) is 0.324. The number of rotatable bonds is 3. The van der Waals surface area contributed by atoms with E-state index in [9.17, 15) is 5.11 Å². The summed E-state index contributed by atoms with van der Waals surface area (Å²) in [7, 11) is 0. The quantitative estimate of drug-likeness (QED) is 0.910. The van der Waals surface area contributed by atoms with E-state index in [0.717, 1.165) is 30.0 Å². The van der Waals surface area contributed by atoms with Crippen molar-refractivity contribution in [1.29, 1.82) is 0 Å². The van der Waals surface area contributed by atoms with Gasteiger partial charge in [-0.2, -0.15) is 0 Å². The Morgan fingerprint density at radius 2 is 2.14 bits per heavy atom. The molecule has 3 rings (SSSR count). The van der Waals surface area contributed by atoms with Crippen LogP contribution in [-0.2, 0) is 4.74 Å². The lowest BCUT2D eigenvalue weighted by Crippen LogP contribution is -2.23. The number of hydrogen-bond acceptors (Lipinski definition) is 4. The highest BCUT2D eigenvalue weighted by molar-refractivity contribution is 8.00. The zero-order valence-electron chi connectivity index (χ0n) is 13.0. The Kier molecular flexibility index (Phi) is 4.69. The largest absolute Gasteiger partial charge is 0.508 e. The van der Waals surface area contributed by atoms with E-state index >= 15 is 0 Å². The van der Waals surface area contributed by atoms with E-state index in [2.05, 4.69) is 24.9 Å². The van der Waals surface area contributed by atoms with Gasteiger partial charge in [-0.3, -0.25) is 4.98 Å². The molecule has 0 aliphatic carbocycles. The third kappa shape index (κ3) is 3.62. The second-order valence-electron chi connectivity index (χ2n) is 5.84. The van der Waals surface area contributed by atoms with Crippen LogP contribution in [0.5, 0.6) is 5.75 Å². The number of aromatic hydroxyl groups is 1. The van der Waals surface area contributed by atoms with Crippen molar-refractivity contribution in [2.45, 2.75) is 42.9 Å². The summed E-state index contributed by atoms with van der Waals surface area (Å²) in [6.45, 7) is 4.92. The van der Waals surface area contributed by atoms with Crippen LogP contribution in [0, 0.1) is 13.8 Å². The minimum absolute atomic E-state index is 0.0733. The number of aromatic nitrogens is 1. The molecule has 0 spiro atoms. The van der Waals surface area contributed by atoms with Crippen molar-refractivity contribution in [3.8, 4) is 5.75 Å². The minimum Gasteiger partial charge on any atom is -0.508 e. The van der Waals surface area contributed by atoms with Gasteiger partial charge in [-0.05, 0) is 56.0 Å². The standard InChI is InChI=1S/C18H21NO2S/c1-12-8-13(2)18(19-11-12)17-10-16(6-7-21-17)22-15-5-3-4-14(20)9-15/h3-5,8-9,11,16-17,20H,6-7,10H2,1-2H3. The molecule has 0 bridgehead atoms. The molecule has 4 heteroatoms. The van der Waals surface area contributed by atoms with Crippen molar-refractivity contribution in [3.63, 3.8) is 0 Å². The van der Waals surface area contributed by atoms with Crippen molar-refractivity contribution in [3.05, 3.63) is 53.3 Å². The highest BCUT2D eigenvalue weighted by Gasteiger charge is 2.26. The molecule has 0 saturated carbocycles. The monoisotopic (exact) mass is 315 g/mol. The van der Waals surface area contributed by atoms with E-state index in [0.29, 0.717) is 11.0 Å². The van der Waals surface area contributed by atoms with E-state index in [4.69, 9.17) is 4.74 Å². The molecule has 2 atom stereocenters. The molecule has 22 heavy (non-hydrogen) atoms. The Labute approximate surface area is 135 Å². The first-order chi connectivity index (χ1) is 10.6. The second-order valence-corrected chi connectivity index (χ2v) is 7.21. The topological polar surface area (TPSA) is 42.4 Å². The van der Waals surface area contributed by atoms with Crippen LogP contribution in [0.1, 0.15) is 35.8 Å². The summed E-state index contributed by atoms with van der Waals surface area (Å²) in [5, 5.41) is 10.1. The van der Waals surface area contributed by atoms with Crippen molar-refractivity contribution in [2.75, 3.05) is 6.61 Å². The van der Waals surface area contributed by atoms with E-state index in [1.807, 2.05) is 36.2 Å². The fraction of sp³-hybridized carbons (Fsp3) is 0.389. The Bertz CT molecular complexity index is 659. The van der Waals surface area contributed by atoms with Crippen molar-refractivity contribution in [2.24, 2.45) is 0 Å². The van der Waals surface area contributed by atoms with Gasteiger partial charge in [0.05, 0.1) is 5.69 Å². The summed E-state index contributed by atoms with van der Waals surface area (Å²) in [6, 6.07) is 9.63. The predicted octanol–water partition coefficient (Wildman–Crippen LogP) is 4.42. The number of nitrogens with zero attached hydrogens (tertiary/aromatic N) is 1.